The molecule has 1 aromatic carbocycles. The minimum Gasteiger partial charge on any atom is -0.387 e. The van der Waals surface area contributed by atoms with Gasteiger partial charge in [0.05, 0.1) is 11.7 Å². The van der Waals surface area contributed by atoms with Crippen LogP contribution in [0.1, 0.15) is 17.2 Å². The second kappa shape index (κ2) is 6.95. The van der Waals surface area contributed by atoms with E-state index >= 15 is 0 Å². The number of aliphatic hydroxyl groups is 1. The van der Waals surface area contributed by atoms with Gasteiger partial charge in [-0.15, -0.1) is 6.58 Å². The first kappa shape index (κ1) is 16.0. The summed E-state index contributed by atoms with van der Waals surface area (Å²) in [7, 11) is 0. The number of carbonyl (C=O) groups is 1. The van der Waals surface area contributed by atoms with Crippen LogP contribution in [-0.4, -0.2) is 24.2 Å². The van der Waals surface area contributed by atoms with Crippen molar-refractivity contribution in [3.63, 3.8) is 0 Å². The van der Waals surface area contributed by atoms with Crippen molar-refractivity contribution in [2.75, 3.05) is 13.1 Å². The van der Waals surface area contributed by atoms with Gasteiger partial charge in [0.25, 0.3) is 0 Å². The summed E-state index contributed by atoms with van der Waals surface area (Å²) in [6.45, 7) is 3.60. The number of hydrogen-bond donors (Lipinski definition) is 3. The van der Waals surface area contributed by atoms with E-state index < -0.39 is 23.9 Å². The molecule has 3 N–H and O–H groups in total. The molecule has 110 valence electrons. The summed E-state index contributed by atoms with van der Waals surface area (Å²) in [5.74, 6) is 0. The number of amides is 2. The fraction of sp³-hybridized carbons (Fsp3) is 0.308. The van der Waals surface area contributed by atoms with E-state index in [0.29, 0.717) is 5.56 Å². The first-order valence-corrected chi connectivity index (χ1v) is 5.82. The molecule has 2 amide bonds. The van der Waals surface area contributed by atoms with Gasteiger partial charge in [-0.2, -0.15) is 13.2 Å². The number of rotatable bonds is 5. The smallest absolute Gasteiger partial charge is 0.387 e. The van der Waals surface area contributed by atoms with E-state index in [1.807, 2.05) is 0 Å². The minimum absolute atomic E-state index is 0.103. The molecule has 0 radical (unpaired) electrons. The van der Waals surface area contributed by atoms with E-state index in [4.69, 9.17) is 0 Å². The van der Waals surface area contributed by atoms with E-state index in [1.54, 1.807) is 0 Å². The quantitative estimate of drug-likeness (QED) is 0.728. The van der Waals surface area contributed by atoms with E-state index in [-0.39, 0.29) is 13.1 Å². The zero-order valence-electron chi connectivity index (χ0n) is 10.6. The Balaban J connectivity index is 2.53. The summed E-state index contributed by atoms with van der Waals surface area (Å²) in [6.07, 6.45) is -4.00. The zero-order valence-corrected chi connectivity index (χ0v) is 10.6. The Morgan fingerprint density at radius 2 is 1.90 bits per heavy atom. The van der Waals surface area contributed by atoms with Gasteiger partial charge in [-0.1, -0.05) is 18.2 Å². The Hall–Kier alpha value is -2.02. The van der Waals surface area contributed by atoms with Gasteiger partial charge in [0, 0.05) is 13.1 Å². The van der Waals surface area contributed by atoms with E-state index in [1.165, 1.54) is 18.2 Å². The first-order chi connectivity index (χ1) is 9.34. The standard InChI is InChI=1S/C13H15F3N2O2/c1-2-7-17-12(20)18-8-11(19)9-3-5-10(6-4-9)13(14,15)16/h2-6,11,19H,1,7-8H2,(H2,17,18,20). The zero-order chi connectivity index (χ0) is 15.2. The number of alkyl halides is 3. The molecule has 1 unspecified atom stereocenters. The number of hydrogen-bond acceptors (Lipinski definition) is 2. The SMILES string of the molecule is C=CCNC(=O)NCC(O)c1ccc(C(F)(F)F)cc1. The number of benzene rings is 1. The summed E-state index contributed by atoms with van der Waals surface area (Å²) in [4.78, 5) is 11.2. The van der Waals surface area contributed by atoms with Crippen LogP contribution in [0.4, 0.5) is 18.0 Å². The summed E-state index contributed by atoms with van der Waals surface area (Å²) in [6, 6.07) is 3.64. The Kier molecular flexibility index (Phi) is 5.57. The maximum absolute atomic E-state index is 12.4. The molecule has 0 aliphatic rings. The molecule has 0 aliphatic carbocycles. The van der Waals surface area contributed by atoms with Crippen molar-refractivity contribution < 1.29 is 23.1 Å². The van der Waals surface area contributed by atoms with Gasteiger partial charge < -0.3 is 15.7 Å². The van der Waals surface area contributed by atoms with Crippen molar-refractivity contribution in [1.82, 2.24) is 10.6 Å². The Bertz CT molecular complexity index is 458. The van der Waals surface area contributed by atoms with Gasteiger partial charge in [-0.25, -0.2) is 4.79 Å². The predicted molar refractivity (Wildman–Crippen MR) is 68.0 cm³/mol. The van der Waals surface area contributed by atoms with Crippen molar-refractivity contribution >= 4 is 6.03 Å². The van der Waals surface area contributed by atoms with Crippen molar-refractivity contribution in [2.24, 2.45) is 0 Å². The number of nitrogens with one attached hydrogen (secondary N) is 2. The number of carbonyl (C=O) groups excluding carboxylic acids is 1. The Morgan fingerprint density at radius 3 is 2.40 bits per heavy atom. The monoisotopic (exact) mass is 288 g/mol. The highest BCUT2D eigenvalue weighted by molar-refractivity contribution is 5.73. The predicted octanol–water partition coefficient (Wildman–Crippen LogP) is 2.22. The molecule has 4 nitrogen and oxygen atoms in total. The normalized spacial score (nSPS) is 12.6. The van der Waals surface area contributed by atoms with Gasteiger partial charge in [-0.3, -0.25) is 0 Å². The lowest BCUT2D eigenvalue weighted by atomic mass is 10.1. The molecule has 0 fully saturated rings. The molecule has 7 heteroatoms. The van der Waals surface area contributed by atoms with Crippen LogP contribution in [0.3, 0.4) is 0 Å². The van der Waals surface area contributed by atoms with Crippen LogP contribution in [-0.2, 0) is 6.18 Å². The fourth-order valence-corrected chi connectivity index (χ4v) is 1.43. The second-order valence-electron chi connectivity index (χ2n) is 4.02. The maximum Gasteiger partial charge on any atom is 0.416 e. The highest BCUT2D eigenvalue weighted by Gasteiger charge is 2.30. The van der Waals surface area contributed by atoms with Crippen molar-refractivity contribution in [2.45, 2.75) is 12.3 Å². The number of aliphatic hydroxyl groups excluding tert-OH is 1. The third-order valence-electron chi connectivity index (χ3n) is 2.49. The summed E-state index contributed by atoms with van der Waals surface area (Å²) < 4.78 is 37.1. The van der Waals surface area contributed by atoms with Gasteiger partial charge in [0.2, 0.25) is 0 Å². The van der Waals surface area contributed by atoms with Crippen LogP contribution < -0.4 is 10.6 Å². The number of urea groups is 1. The second-order valence-corrected chi connectivity index (χ2v) is 4.02. The van der Waals surface area contributed by atoms with Crippen LogP contribution in [0.15, 0.2) is 36.9 Å². The van der Waals surface area contributed by atoms with E-state index in [0.717, 1.165) is 12.1 Å². The number of halogens is 3. The lowest BCUT2D eigenvalue weighted by Gasteiger charge is -2.13. The molecule has 0 saturated heterocycles. The van der Waals surface area contributed by atoms with Gasteiger partial charge in [0.1, 0.15) is 0 Å². The first-order valence-electron chi connectivity index (χ1n) is 5.82. The highest BCUT2D eigenvalue weighted by atomic mass is 19.4. The molecule has 0 saturated carbocycles. The topological polar surface area (TPSA) is 61.4 Å². The molecule has 1 atom stereocenters. The molecule has 0 spiro atoms. The summed E-state index contributed by atoms with van der Waals surface area (Å²) in [5.41, 5.74) is -0.493. The van der Waals surface area contributed by atoms with Crippen LogP contribution in [0, 0.1) is 0 Å². The van der Waals surface area contributed by atoms with Crippen LogP contribution >= 0.6 is 0 Å². The van der Waals surface area contributed by atoms with Crippen molar-refractivity contribution in [3.05, 3.63) is 48.0 Å². The lowest BCUT2D eigenvalue weighted by molar-refractivity contribution is -0.137. The van der Waals surface area contributed by atoms with Crippen LogP contribution in [0.5, 0.6) is 0 Å². The van der Waals surface area contributed by atoms with Crippen molar-refractivity contribution in [3.8, 4) is 0 Å². The third-order valence-corrected chi connectivity index (χ3v) is 2.49. The molecule has 20 heavy (non-hydrogen) atoms. The largest absolute Gasteiger partial charge is 0.416 e. The summed E-state index contributed by atoms with van der Waals surface area (Å²) >= 11 is 0. The molecule has 1 rings (SSSR count). The molecular formula is C13H15F3N2O2. The average molecular weight is 288 g/mol. The van der Waals surface area contributed by atoms with Crippen LogP contribution in [0.25, 0.3) is 0 Å². The summed E-state index contributed by atoms with van der Waals surface area (Å²) in [5, 5.41) is 14.6. The molecular weight excluding hydrogens is 273 g/mol. The maximum atomic E-state index is 12.4. The van der Waals surface area contributed by atoms with Gasteiger partial charge >= 0.3 is 12.2 Å². The molecule has 0 bridgehead atoms. The van der Waals surface area contributed by atoms with Gasteiger partial charge in [-0.05, 0) is 17.7 Å². The molecule has 0 aliphatic heterocycles. The van der Waals surface area contributed by atoms with Crippen molar-refractivity contribution in [1.29, 1.82) is 0 Å². The fourth-order valence-electron chi connectivity index (χ4n) is 1.43. The lowest BCUT2D eigenvalue weighted by Crippen LogP contribution is -2.37. The average Bonchev–Trinajstić information content (AvgIpc) is 2.41. The van der Waals surface area contributed by atoms with Crippen LogP contribution in [0.2, 0.25) is 0 Å². The highest BCUT2D eigenvalue weighted by Crippen LogP contribution is 2.29. The Labute approximate surface area is 114 Å². The Morgan fingerprint density at radius 1 is 1.30 bits per heavy atom. The third kappa shape index (κ3) is 4.93. The minimum atomic E-state index is -4.41. The van der Waals surface area contributed by atoms with E-state index in [9.17, 15) is 23.1 Å². The molecule has 0 aromatic heterocycles. The van der Waals surface area contributed by atoms with E-state index in [2.05, 4.69) is 17.2 Å². The molecule has 0 heterocycles. The van der Waals surface area contributed by atoms with Gasteiger partial charge in [0.15, 0.2) is 0 Å². The molecule has 1 aromatic rings.